The number of benzene rings is 1. The lowest BCUT2D eigenvalue weighted by Crippen LogP contribution is -2.54. The Balaban J connectivity index is 1.82. The predicted octanol–water partition coefficient (Wildman–Crippen LogP) is 4.67. The van der Waals surface area contributed by atoms with E-state index >= 15 is 4.39 Å². The summed E-state index contributed by atoms with van der Waals surface area (Å²) in [5.74, 6) is 0.422. The summed E-state index contributed by atoms with van der Waals surface area (Å²) >= 11 is 0. The van der Waals surface area contributed by atoms with Crippen LogP contribution in [0.1, 0.15) is 70.8 Å². The number of urea groups is 1. The summed E-state index contributed by atoms with van der Waals surface area (Å²) in [6.07, 6.45) is 6.61. The predicted molar refractivity (Wildman–Crippen MR) is 144 cm³/mol. The van der Waals surface area contributed by atoms with Gasteiger partial charge in [0, 0.05) is 50.9 Å². The normalized spacial score (nSPS) is 20.5. The second-order valence-corrected chi connectivity index (χ2v) is 11.4. The van der Waals surface area contributed by atoms with Crippen LogP contribution in [0.25, 0.3) is 0 Å². The zero-order valence-corrected chi connectivity index (χ0v) is 23.2. The molecule has 37 heavy (non-hydrogen) atoms. The van der Waals surface area contributed by atoms with E-state index in [1.165, 1.54) is 6.07 Å². The summed E-state index contributed by atoms with van der Waals surface area (Å²) in [5, 5.41) is 18.7. The first-order chi connectivity index (χ1) is 17.8. The van der Waals surface area contributed by atoms with Gasteiger partial charge in [-0.15, -0.1) is 0 Å². The van der Waals surface area contributed by atoms with Crippen molar-refractivity contribution in [2.24, 2.45) is 17.8 Å². The minimum absolute atomic E-state index is 0.0384. The number of rotatable bonds is 15. The second kappa shape index (κ2) is 14.3. The molecule has 0 radical (unpaired) electrons. The van der Waals surface area contributed by atoms with Crippen molar-refractivity contribution in [3.05, 3.63) is 29.6 Å². The van der Waals surface area contributed by atoms with Crippen molar-refractivity contribution in [1.82, 2.24) is 15.5 Å². The van der Waals surface area contributed by atoms with Gasteiger partial charge in [0.1, 0.15) is 0 Å². The molecule has 0 bridgehead atoms. The molecule has 8 heteroatoms. The highest BCUT2D eigenvalue weighted by atomic mass is 19.1. The van der Waals surface area contributed by atoms with Gasteiger partial charge in [-0.1, -0.05) is 26.0 Å². The number of ether oxygens (including phenoxy) is 2. The number of amides is 2. The van der Waals surface area contributed by atoms with E-state index < -0.39 is 11.4 Å². The highest BCUT2D eigenvalue weighted by Gasteiger charge is 2.43. The first-order valence-corrected chi connectivity index (χ1v) is 14.1. The molecule has 3 atom stereocenters. The van der Waals surface area contributed by atoms with Crippen molar-refractivity contribution in [1.29, 1.82) is 0 Å². The van der Waals surface area contributed by atoms with Crippen LogP contribution in [0.4, 0.5) is 9.18 Å². The van der Waals surface area contributed by atoms with E-state index in [4.69, 9.17) is 9.47 Å². The van der Waals surface area contributed by atoms with Gasteiger partial charge in [-0.3, -0.25) is 0 Å². The van der Waals surface area contributed by atoms with Gasteiger partial charge in [-0.05, 0) is 76.3 Å². The van der Waals surface area contributed by atoms with E-state index in [-0.39, 0.29) is 23.7 Å². The van der Waals surface area contributed by atoms with Gasteiger partial charge in [0.05, 0.1) is 12.2 Å². The number of halogens is 1. The number of aliphatic hydroxyl groups is 1. The van der Waals surface area contributed by atoms with E-state index in [1.54, 1.807) is 19.2 Å². The van der Waals surface area contributed by atoms with Crippen molar-refractivity contribution < 1.29 is 23.8 Å². The van der Waals surface area contributed by atoms with E-state index in [9.17, 15) is 9.90 Å². The molecule has 2 amide bonds. The second-order valence-electron chi connectivity index (χ2n) is 11.4. The summed E-state index contributed by atoms with van der Waals surface area (Å²) < 4.78 is 26.3. The summed E-state index contributed by atoms with van der Waals surface area (Å²) in [6.45, 7) is 7.13. The van der Waals surface area contributed by atoms with E-state index in [1.807, 2.05) is 11.9 Å². The van der Waals surface area contributed by atoms with E-state index in [0.717, 1.165) is 44.9 Å². The van der Waals surface area contributed by atoms with Crippen molar-refractivity contribution >= 4 is 6.03 Å². The van der Waals surface area contributed by atoms with Crippen molar-refractivity contribution in [3.8, 4) is 5.75 Å². The number of likely N-dealkylation sites (N-methyl/N-ethyl adjacent to an activating group) is 1. The first kappa shape index (κ1) is 29.7. The maximum absolute atomic E-state index is 15.0. The van der Waals surface area contributed by atoms with Gasteiger partial charge in [0.25, 0.3) is 0 Å². The van der Waals surface area contributed by atoms with Gasteiger partial charge in [0.2, 0.25) is 0 Å². The number of nitrogens with zero attached hydrogens (tertiary/aromatic N) is 1. The smallest absolute Gasteiger partial charge is 0.317 e. The molecule has 3 unspecified atom stereocenters. The Bertz CT molecular complexity index is 850. The third-order valence-corrected chi connectivity index (χ3v) is 7.67. The van der Waals surface area contributed by atoms with Crippen LogP contribution in [0.15, 0.2) is 18.2 Å². The molecule has 1 aromatic rings. The molecule has 1 aliphatic heterocycles. The highest BCUT2D eigenvalue weighted by molar-refractivity contribution is 5.74. The molecule has 7 nitrogen and oxygen atoms in total. The fourth-order valence-electron chi connectivity index (χ4n) is 5.51. The summed E-state index contributed by atoms with van der Waals surface area (Å²) in [6, 6.07) is 4.78. The Morgan fingerprint density at radius 1 is 1.27 bits per heavy atom. The highest BCUT2D eigenvalue weighted by Crippen LogP contribution is 2.44. The fourth-order valence-corrected chi connectivity index (χ4v) is 5.51. The molecule has 1 aromatic carbocycles. The van der Waals surface area contributed by atoms with Crippen molar-refractivity contribution in [2.45, 2.75) is 76.9 Å². The summed E-state index contributed by atoms with van der Waals surface area (Å²) in [4.78, 5) is 15.1. The van der Waals surface area contributed by atoms with Crippen LogP contribution in [0, 0.1) is 23.6 Å². The number of para-hydroxylation sites is 1. The summed E-state index contributed by atoms with van der Waals surface area (Å²) in [5.41, 5.74) is -0.804. The van der Waals surface area contributed by atoms with Crippen LogP contribution in [-0.4, -0.2) is 69.1 Å². The number of nitrogens with one attached hydrogen (secondary N) is 2. The maximum atomic E-state index is 15.0. The summed E-state index contributed by atoms with van der Waals surface area (Å²) in [7, 11) is 3.56. The Kier molecular flexibility index (Phi) is 11.5. The number of carbonyl (C=O) groups is 1. The molecule has 1 aliphatic carbocycles. The van der Waals surface area contributed by atoms with E-state index in [0.29, 0.717) is 56.7 Å². The molecule has 0 aromatic heterocycles. The van der Waals surface area contributed by atoms with Crippen molar-refractivity contribution in [2.75, 3.05) is 47.0 Å². The number of hydrogen-bond donors (Lipinski definition) is 3. The molecule has 2 aliphatic rings. The topological polar surface area (TPSA) is 83.1 Å². The van der Waals surface area contributed by atoms with Crippen LogP contribution in [-0.2, 0) is 10.3 Å². The number of methoxy groups -OCH3 is 1. The quantitative estimate of drug-likeness (QED) is 0.292. The average Bonchev–Trinajstić information content (AvgIpc) is 3.70. The zero-order chi connectivity index (χ0) is 26.8. The van der Waals surface area contributed by atoms with Gasteiger partial charge >= 0.3 is 6.03 Å². The van der Waals surface area contributed by atoms with Crippen LogP contribution in [0.2, 0.25) is 0 Å². The lowest BCUT2D eigenvalue weighted by molar-refractivity contribution is -0.0583. The third kappa shape index (κ3) is 8.55. The number of unbranched alkanes of at least 4 members (excludes halogenated alkanes) is 1. The Morgan fingerprint density at radius 3 is 2.73 bits per heavy atom. The monoisotopic (exact) mass is 521 g/mol. The average molecular weight is 522 g/mol. The van der Waals surface area contributed by atoms with Crippen molar-refractivity contribution in [3.63, 3.8) is 0 Å². The molecule has 2 fully saturated rings. The molecule has 1 saturated carbocycles. The lowest BCUT2D eigenvalue weighted by Gasteiger charge is -2.43. The standard InChI is InChI=1S/C29H48FN3O4/c1-21(2)17-24(18-31-3)32-28(34)33-15-8-9-23(19-33)29(35,14-5-6-16-36-4)25-10-7-11-26(30)27(25)37-20-22-12-13-22/h7,10-11,21-24,31,35H,5-6,8-9,12-20H2,1-4H3,(H,32,34). The SMILES string of the molecule is CNCC(CC(C)C)NC(=O)N1CCCC(C(O)(CCCCOC)c2cccc(F)c2OCC2CC2)C1. The van der Waals surface area contributed by atoms with Crippen LogP contribution in [0.3, 0.4) is 0 Å². The van der Waals surface area contributed by atoms with E-state index in [2.05, 4.69) is 24.5 Å². The molecule has 1 saturated heterocycles. The molecule has 1 heterocycles. The minimum atomic E-state index is -1.31. The number of piperidine rings is 1. The fraction of sp³-hybridized carbons (Fsp3) is 0.759. The Morgan fingerprint density at radius 2 is 2.05 bits per heavy atom. The third-order valence-electron chi connectivity index (χ3n) is 7.67. The maximum Gasteiger partial charge on any atom is 0.317 e. The molecule has 210 valence electrons. The van der Waals surface area contributed by atoms with Gasteiger partial charge < -0.3 is 30.1 Å². The van der Waals surface area contributed by atoms with Crippen LogP contribution in [0.5, 0.6) is 5.75 Å². The van der Waals surface area contributed by atoms with Crippen LogP contribution >= 0.6 is 0 Å². The Labute approximate surface area is 222 Å². The number of likely N-dealkylation sites (tertiary alicyclic amines) is 1. The minimum Gasteiger partial charge on any atom is -0.490 e. The molecular weight excluding hydrogens is 473 g/mol. The molecule has 0 spiro atoms. The largest absolute Gasteiger partial charge is 0.490 e. The zero-order valence-electron chi connectivity index (χ0n) is 23.2. The Hall–Kier alpha value is -1.90. The lowest BCUT2D eigenvalue weighted by atomic mass is 9.73. The molecular formula is C29H48FN3O4. The van der Waals surface area contributed by atoms with Gasteiger partial charge in [0.15, 0.2) is 11.6 Å². The van der Waals surface area contributed by atoms with Crippen LogP contribution < -0.4 is 15.4 Å². The van der Waals surface area contributed by atoms with Gasteiger partial charge in [-0.2, -0.15) is 0 Å². The first-order valence-electron chi connectivity index (χ1n) is 14.1. The molecule has 3 N–H and O–H groups in total. The number of carbonyl (C=O) groups excluding carboxylic acids is 1. The molecule has 3 rings (SSSR count). The van der Waals surface area contributed by atoms with Gasteiger partial charge in [-0.25, -0.2) is 9.18 Å². The number of hydrogen-bond acceptors (Lipinski definition) is 5.